The topological polar surface area (TPSA) is 337 Å². The third-order valence-corrected chi connectivity index (χ3v) is 30.0. The number of aliphatic hydroxyl groups is 8. The van der Waals surface area contributed by atoms with Crippen molar-refractivity contribution < 1.29 is 69.3 Å². The summed E-state index contributed by atoms with van der Waals surface area (Å²) in [5.74, 6) is -2.87. The van der Waals surface area contributed by atoms with Crippen LogP contribution in [-0.4, -0.2) is 200 Å². The predicted molar refractivity (Wildman–Crippen MR) is 522 cm³/mol. The van der Waals surface area contributed by atoms with Gasteiger partial charge in [-0.3, -0.25) is 24.7 Å². The van der Waals surface area contributed by atoms with Crippen molar-refractivity contribution in [3.8, 4) is 35.1 Å². The summed E-state index contributed by atoms with van der Waals surface area (Å²) in [5, 5.41) is 117. The Morgan fingerprint density at radius 3 is 0.853 bits per heavy atom. The summed E-state index contributed by atoms with van der Waals surface area (Å²) in [6.45, 7) is 3.61. The van der Waals surface area contributed by atoms with Gasteiger partial charge in [0.15, 0.2) is 44.8 Å². The average Bonchev–Trinajstić information content (AvgIpc) is 1.51. The van der Waals surface area contributed by atoms with Crippen LogP contribution in [0, 0.1) is 46.3 Å². The van der Waals surface area contributed by atoms with Crippen LogP contribution in [0.3, 0.4) is 0 Å². The van der Waals surface area contributed by atoms with Crippen molar-refractivity contribution in [2.24, 2.45) is 23.7 Å². The molecule has 0 bridgehead atoms. The van der Waals surface area contributed by atoms with Crippen LogP contribution in [0.5, 0.6) is 23.0 Å². The summed E-state index contributed by atoms with van der Waals surface area (Å²) in [6, 6.07) is 78.7. The van der Waals surface area contributed by atoms with E-state index in [2.05, 4.69) is 63.9 Å². The average molecular weight is 2040 g/mol. The number of nitrogens with zero attached hydrogens (tertiary/aromatic N) is 10. The van der Waals surface area contributed by atoms with E-state index in [-0.39, 0.29) is 52.4 Å². The molecule has 24 nitrogen and oxygen atoms in total. The fourth-order valence-corrected chi connectivity index (χ4v) is 24.0. The highest BCUT2D eigenvalue weighted by Gasteiger charge is 2.82. The highest BCUT2D eigenvalue weighted by Crippen LogP contribution is 2.73. The van der Waals surface area contributed by atoms with E-state index in [4.69, 9.17) is 70.1 Å². The number of amides is 1. The summed E-state index contributed by atoms with van der Waals surface area (Å²) in [4.78, 5) is 38.6. The Kier molecular flexibility index (Phi) is 27.5. The molecule has 4 saturated carbocycles. The Balaban J connectivity index is 0.000000123. The molecular formula is C106H102Br2Cl4N10O14. The molecule has 702 valence electrons. The molecule has 30 heteroatoms. The number of hydrogen-bond donors (Lipinski definition) is 8. The van der Waals surface area contributed by atoms with Crippen molar-refractivity contribution in [3.05, 3.63) is 375 Å². The van der Waals surface area contributed by atoms with Crippen LogP contribution >= 0.6 is 78.3 Å². The Hall–Kier alpha value is -10.4. The summed E-state index contributed by atoms with van der Waals surface area (Å²) in [6.07, 6.45) is 3.42. The van der Waals surface area contributed by atoms with Gasteiger partial charge in [-0.1, -0.05) is 248 Å². The van der Waals surface area contributed by atoms with Crippen LogP contribution in [0.15, 0.2) is 276 Å². The molecule has 21 rings (SSSR count). The smallest absolute Gasteiger partial charge is 0.228 e. The number of benzene rings is 8. The third-order valence-electron chi connectivity index (χ3n) is 28.1. The van der Waals surface area contributed by atoms with E-state index in [1.165, 1.54) is 42.5 Å². The molecule has 4 aromatic heterocycles. The number of aromatic nitrogens is 4. The fourth-order valence-electron chi connectivity index (χ4n) is 22.9. The molecule has 5 aliphatic heterocycles. The third kappa shape index (κ3) is 15.8. The van der Waals surface area contributed by atoms with Gasteiger partial charge in [0.1, 0.15) is 51.9 Å². The van der Waals surface area contributed by atoms with Crippen molar-refractivity contribution in [2.75, 3.05) is 89.2 Å². The monoisotopic (exact) mass is 2040 g/mol. The highest BCUT2D eigenvalue weighted by molar-refractivity contribution is 9.10. The van der Waals surface area contributed by atoms with E-state index >= 15 is 0 Å². The first-order valence-electron chi connectivity index (χ1n) is 44.6. The largest absolute Gasteiger partial charge is 0.476 e. The van der Waals surface area contributed by atoms with Crippen LogP contribution in [0.25, 0.3) is 0 Å². The normalized spacial score (nSPS) is 29.9. The minimum atomic E-state index is -2.00. The summed E-state index contributed by atoms with van der Waals surface area (Å²) < 4.78 is 33.3. The maximum Gasteiger partial charge on any atom is 0.228 e. The molecule has 1 amide bonds. The summed E-state index contributed by atoms with van der Waals surface area (Å²) in [7, 11) is 14.9. The fraction of sp³-hybridized carbons (Fsp3) is 0.330. The number of aliphatic hydroxyl groups excluding tert-OH is 4. The van der Waals surface area contributed by atoms with Gasteiger partial charge in [0.25, 0.3) is 0 Å². The first-order chi connectivity index (χ1) is 65.1. The van der Waals surface area contributed by atoms with Crippen molar-refractivity contribution in [2.45, 2.75) is 106 Å². The van der Waals surface area contributed by atoms with E-state index in [0.717, 1.165) is 50.0 Å². The van der Waals surface area contributed by atoms with Gasteiger partial charge in [-0.15, -0.1) is 0 Å². The van der Waals surface area contributed by atoms with Crippen molar-refractivity contribution in [3.63, 3.8) is 0 Å². The number of halogens is 6. The Morgan fingerprint density at radius 1 is 0.375 bits per heavy atom. The molecule has 8 N–H and O–H groups in total. The van der Waals surface area contributed by atoms with Gasteiger partial charge in [-0.2, -0.15) is 10.5 Å². The molecule has 4 aliphatic carbocycles. The van der Waals surface area contributed by atoms with Crippen molar-refractivity contribution >= 4 is 84.2 Å². The van der Waals surface area contributed by atoms with E-state index in [1.807, 2.05) is 227 Å². The lowest BCUT2D eigenvalue weighted by molar-refractivity contribution is -0.157. The molecule has 136 heavy (non-hydrogen) atoms. The minimum Gasteiger partial charge on any atom is -0.476 e. The van der Waals surface area contributed by atoms with Gasteiger partial charge in [0.2, 0.25) is 5.91 Å². The maximum atomic E-state index is 13.5. The van der Waals surface area contributed by atoms with Crippen LogP contribution in [0.1, 0.15) is 115 Å². The number of fused-ring (bicyclic) bond motifs is 12. The zero-order valence-electron chi connectivity index (χ0n) is 75.5. The standard InChI is InChI=1S/2C26H24ClN3O3.C25H22BrClN2O4.C25H24BrClN2O3.C4H8O/c2*1-30(2)15-20-22(17-6-4-3-5-7-17)26(18-10-8-16(13-28)9-11-18)25(32,24(20)31)23-21(33-26)12-19(27)14-29-23;1-29(2)23(31)19-20(14-6-4-3-5-7-14)25(15-8-10-16(26)11-9-15)24(32,22(19)30)21-18(33-25)12-17(27)13-28-21;1-29(2)14-19-21(15-6-4-3-5-7-15)25(16-8-10-17(26)11-9-16)24(31,23(19)30)22-20(32-25)12-18(27)13-28-22;1-2-4-5-3-1/h2*3-12,14,20,22,24,31-32H,15H2,1-2H3;3-13,19-20,22,30,32H,1-2H3;3-13,19,21,23,30-31H,14H2,1-2H3;1-4H2/t2*20-,22-,24-,25+,26+;19-,20-,22-,24+,25+;19-,21-,23-,24+,25+;/m1111./s1. The van der Waals surface area contributed by atoms with Gasteiger partial charge in [-0.25, -0.2) is 0 Å². The Labute approximate surface area is 826 Å². The molecule has 0 radical (unpaired) electrons. The van der Waals surface area contributed by atoms with Gasteiger partial charge in [0, 0.05) is 146 Å². The van der Waals surface area contributed by atoms with Crippen molar-refractivity contribution in [1.82, 2.24) is 39.5 Å². The predicted octanol–water partition coefficient (Wildman–Crippen LogP) is 15.8. The SMILES string of the molecule is C1CCOC1.CN(C)C(=O)[C@H]1[C@@H](O)[C@@]2(O)c3ncc(Cl)cc3O[C@@]2(c2ccc(Br)cc2)[C@@H]1c1ccccc1.CN(C)C[C@H]1[C@@H](O)[C@@]2(O)c3ncc(Cl)cc3O[C@@]2(c2ccc(Br)cc2)[C@@H]1c1ccccc1.CN(C)C[C@H]1[C@@H](O)[C@@]2(O)c3ncc(Cl)cc3O[C@@]2(c2ccc(C#N)cc2)[C@@H]1c1ccccc1.CN(C)C[C@H]1[C@@H](O)[C@@]2(O)c3ncc(Cl)cc3O[C@@]2(c2ccc(C#N)cc2)[C@@H]1c1ccccc1. The Bertz CT molecular complexity index is 6250. The van der Waals surface area contributed by atoms with Gasteiger partial charge in [0.05, 0.1) is 67.6 Å². The number of carbonyl (C=O) groups is 1. The van der Waals surface area contributed by atoms with Gasteiger partial charge < -0.3 is 84.1 Å². The first-order valence-corrected chi connectivity index (χ1v) is 47.7. The van der Waals surface area contributed by atoms with E-state index < -0.39 is 92.9 Å². The molecular weight excluding hydrogens is 1940 g/mol. The van der Waals surface area contributed by atoms with Crippen LogP contribution in [0.4, 0.5) is 0 Å². The zero-order chi connectivity index (χ0) is 96.5. The number of carbonyl (C=O) groups excluding carboxylic acids is 1. The molecule has 5 fully saturated rings. The van der Waals surface area contributed by atoms with E-state index in [1.54, 1.807) is 86.9 Å². The van der Waals surface area contributed by atoms with Crippen LogP contribution in [0.2, 0.25) is 20.1 Å². The highest BCUT2D eigenvalue weighted by atomic mass is 79.9. The number of rotatable bonds is 15. The molecule has 0 spiro atoms. The molecule has 20 atom stereocenters. The lowest BCUT2D eigenvalue weighted by atomic mass is 9.71. The second-order valence-corrected chi connectivity index (χ2v) is 40.6. The number of hydrogen-bond acceptors (Lipinski definition) is 23. The lowest BCUT2D eigenvalue weighted by Crippen LogP contribution is -2.52. The molecule has 12 aromatic rings. The van der Waals surface area contributed by atoms with Crippen molar-refractivity contribution in [1.29, 1.82) is 10.5 Å². The molecule has 1 saturated heterocycles. The van der Waals surface area contributed by atoms with Gasteiger partial charge in [-0.05, 0) is 148 Å². The van der Waals surface area contributed by atoms with E-state index in [0.29, 0.717) is 90.5 Å². The molecule has 9 heterocycles. The van der Waals surface area contributed by atoms with Gasteiger partial charge >= 0.3 is 0 Å². The lowest BCUT2D eigenvalue weighted by Gasteiger charge is -2.40. The Morgan fingerprint density at radius 2 is 0.618 bits per heavy atom. The molecule has 8 aromatic carbocycles. The molecule has 0 unspecified atom stereocenters. The molecule has 9 aliphatic rings. The number of nitriles is 2. The number of ether oxygens (including phenoxy) is 5. The summed E-state index contributed by atoms with van der Waals surface area (Å²) in [5.41, 5.74) is -4.65. The second-order valence-electron chi connectivity index (χ2n) is 37.0. The second kappa shape index (κ2) is 38.4. The minimum absolute atomic E-state index is 0.164. The maximum absolute atomic E-state index is 13.5. The van der Waals surface area contributed by atoms with Crippen LogP contribution in [-0.2, 0) is 54.3 Å². The first kappa shape index (κ1) is 97.3. The number of pyridine rings is 4. The van der Waals surface area contributed by atoms with E-state index in [9.17, 15) is 56.2 Å². The zero-order valence-corrected chi connectivity index (χ0v) is 81.7. The quantitative estimate of drug-likeness (QED) is 0.0473. The van der Waals surface area contributed by atoms with Crippen LogP contribution < -0.4 is 18.9 Å². The summed E-state index contributed by atoms with van der Waals surface area (Å²) >= 11 is 31.8.